The fourth-order valence-electron chi connectivity index (χ4n) is 1.86. The highest BCUT2D eigenvalue weighted by Gasteiger charge is 2.21. The molecule has 0 bridgehead atoms. The van der Waals surface area contributed by atoms with Crippen LogP contribution >= 0.6 is 0 Å². The van der Waals surface area contributed by atoms with E-state index < -0.39 is 0 Å². The van der Waals surface area contributed by atoms with Gasteiger partial charge in [-0.2, -0.15) is 0 Å². The SMILES string of the molecule is CCOc1ccc(OCC)c(NC(=O)CNC2CC2)c1. The van der Waals surface area contributed by atoms with Gasteiger partial charge in [-0.1, -0.05) is 0 Å². The number of nitrogens with one attached hydrogen (secondary N) is 2. The summed E-state index contributed by atoms with van der Waals surface area (Å²) in [6.45, 7) is 5.31. The predicted molar refractivity (Wildman–Crippen MR) is 78.4 cm³/mol. The molecule has 0 spiro atoms. The summed E-state index contributed by atoms with van der Waals surface area (Å²) in [6.07, 6.45) is 2.33. The molecule has 5 nitrogen and oxygen atoms in total. The third-order valence-electron chi connectivity index (χ3n) is 2.96. The van der Waals surface area contributed by atoms with Crippen molar-refractivity contribution in [3.8, 4) is 11.5 Å². The van der Waals surface area contributed by atoms with E-state index in [0.29, 0.717) is 37.2 Å². The van der Waals surface area contributed by atoms with E-state index in [9.17, 15) is 4.79 Å². The summed E-state index contributed by atoms with van der Waals surface area (Å²) in [5.41, 5.74) is 0.653. The van der Waals surface area contributed by atoms with Crippen LogP contribution in [0.4, 0.5) is 5.69 Å². The van der Waals surface area contributed by atoms with Gasteiger partial charge in [-0.25, -0.2) is 0 Å². The molecular formula is C15H22N2O3. The number of anilines is 1. The number of amides is 1. The Hall–Kier alpha value is -1.75. The average molecular weight is 278 g/mol. The standard InChI is InChI=1S/C15H22N2O3/c1-3-19-12-7-8-14(20-4-2)13(9-12)17-15(18)10-16-11-5-6-11/h7-9,11,16H,3-6,10H2,1-2H3,(H,17,18). The van der Waals surface area contributed by atoms with Gasteiger partial charge in [0.2, 0.25) is 5.91 Å². The van der Waals surface area contributed by atoms with Crippen LogP contribution < -0.4 is 20.1 Å². The van der Waals surface area contributed by atoms with Crippen molar-refractivity contribution < 1.29 is 14.3 Å². The maximum absolute atomic E-state index is 11.9. The van der Waals surface area contributed by atoms with Crippen molar-refractivity contribution in [2.75, 3.05) is 25.1 Å². The van der Waals surface area contributed by atoms with Crippen LogP contribution in [0.15, 0.2) is 18.2 Å². The molecular weight excluding hydrogens is 256 g/mol. The number of ether oxygens (including phenoxy) is 2. The molecule has 1 saturated carbocycles. The summed E-state index contributed by atoms with van der Waals surface area (Å²) < 4.78 is 11.0. The quantitative estimate of drug-likeness (QED) is 0.765. The van der Waals surface area contributed by atoms with Crippen LogP contribution in [0.25, 0.3) is 0 Å². The number of benzene rings is 1. The van der Waals surface area contributed by atoms with Crippen molar-refractivity contribution in [1.82, 2.24) is 5.32 Å². The second kappa shape index (κ2) is 7.14. The second-order valence-electron chi connectivity index (χ2n) is 4.73. The Labute approximate surface area is 119 Å². The number of hydrogen-bond donors (Lipinski definition) is 2. The molecule has 0 aliphatic heterocycles. The zero-order valence-electron chi connectivity index (χ0n) is 12.1. The van der Waals surface area contributed by atoms with Crippen molar-refractivity contribution in [3.05, 3.63) is 18.2 Å². The van der Waals surface area contributed by atoms with E-state index in [2.05, 4.69) is 10.6 Å². The molecule has 0 aromatic heterocycles. The molecule has 0 heterocycles. The molecule has 2 N–H and O–H groups in total. The van der Waals surface area contributed by atoms with E-state index in [4.69, 9.17) is 9.47 Å². The Morgan fingerprint density at radius 3 is 2.65 bits per heavy atom. The highest BCUT2D eigenvalue weighted by Crippen LogP contribution is 2.29. The largest absolute Gasteiger partial charge is 0.494 e. The lowest BCUT2D eigenvalue weighted by Crippen LogP contribution is -2.29. The zero-order chi connectivity index (χ0) is 14.4. The number of hydrogen-bond acceptors (Lipinski definition) is 4. The molecule has 1 amide bonds. The van der Waals surface area contributed by atoms with Crippen LogP contribution in [-0.4, -0.2) is 31.7 Å². The van der Waals surface area contributed by atoms with Crippen molar-refractivity contribution in [1.29, 1.82) is 0 Å². The van der Waals surface area contributed by atoms with Gasteiger partial charge in [0.15, 0.2) is 0 Å². The minimum Gasteiger partial charge on any atom is -0.494 e. The summed E-state index contributed by atoms with van der Waals surface area (Å²) >= 11 is 0. The van der Waals surface area contributed by atoms with Gasteiger partial charge >= 0.3 is 0 Å². The Kier molecular flexibility index (Phi) is 5.24. The molecule has 0 atom stereocenters. The molecule has 0 saturated heterocycles. The molecule has 1 fully saturated rings. The Bertz CT molecular complexity index is 458. The van der Waals surface area contributed by atoms with Gasteiger partial charge in [-0.05, 0) is 38.8 Å². The van der Waals surface area contributed by atoms with Crippen LogP contribution in [0.2, 0.25) is 0 Å². The monoisotopic (exact) mass is 278 g/mol. The molecule has 20 heavy (non-hydrogen) atoms. The van der Waals surface area contributed by atoms with Crippen LogP contribution in [0.1, 0.15) is 26.7 Å². The maximum Gasteiger partial charge on any atom is 0.238 e. The van der Waals surface area contributed by atoms with Crippen LogP contribution in [0.5, 0.6) is 11.5 Å². The first-order chi connectivity index (χ1) is 9.72. The van der Waals surface area contributed by atoms with Crippen LogP contribution in [0.3, 0.4) is 0 Å². The van der Waals surface area contributed by atoms with E-state index in [1.807, 2.05) is 26.0 Å². The molecule has 1 aromatic carbocycles. The van der Waals surface area contributed by atoms with Gasteiger partial charge < -0.3 is 20.1 Å². The molecule has 0 unspecified atom stereocenters. The van der Waals surface area contributed by atoms with E-state index in [0.717, 1.165) is 18.6 Å². The Morgan fingerprint density at radius 1 is 1.25 bits per heavy atom. The smallest absolute Gasteiger partial charge is 0.238 e. The summed E-state index contributed by atoms with van der Waals surface area (Å²) in [4.78, 5) is 11.9. The van der Waals surface area contributed by atoms with Crippen molar-refractivity contribution >= 4 is 11.6 Å². The molecule has 1 aromatic rings. The van der Waals surface area contributed by atoms with E-state index >= 15 is 0 Å². The minimum absolute atomic E-state index is 0.0634. The average Bonchev–Trinajstić information content (AvgIpc) is 3.24. The summed E-state index contributed by atoms with van der Waals surface area (Å²) in [5, 5.41) is 6.05. The Morgan fingerprint density at radius 2 is 2.00 bits per heavy atom. The molecule has 2 rings (SSSR count). The Balaban J connectivity index is 2.00. The fraction of sp³-hybridized carbons (Fsp3) is 0.533. The zero-order valence-corrected chi connectivity index (χ0v) is 12.1. The van der Waals surface area contributed by atoms with Gasteiger partial charge in [-0.3, -0.25) is 4.79 Å². The third kappa shape index (κ3) is 4.42. The highest BCUT2D eigenvalue weighted by molar-refractivity contribution is 5.94. The molecule has 5 heteroatoms. The first kappa shape index (κ1) is 14.7. The first-order valence-electron chi connectivity index (χ1n) is 7.15. The maximum atomic E-state index is 11.9. The predicted octanol–water partition coefficient (Wildman–Crippen LogP) is 2.17. The van der Waals surface area contributed by atoms with Crippen molar-refractivity contribution in [2.24, 2.45) is 0 Å². The van der Waals surface area contributed by atoms with E-state index in [-0.39, 0.29) is 5.91 Å². The molecule has 0 radical (unpaired) electrons. The normalized spacial score (nSPS) is 13.9. The third-order valence-corrected chi connectivity index (χ3v) is 2.96. The summed E-state index contributed by atoms with van der Waals surface area (Å²) in [7, 11) is 0. The molecule has 1 aliphatic rings. The fourth-order valence-corrected chi connectivity index (χ4v) is 1.86. The topological polar surface area (TPSA) is 59.6 Å². The minimum atomic E-state index is -0.0634. The van der Waals surface area contributed by atoms with Gasteiger partial charge in [0, 0.05) is 12.1 Å². The van der Waals surface area contributed by atoms with Gasteiger partial charge in [0.25, 0.3) is 0 Å². The van der Waals surface area contributed by atoms with Crippen molar-refractivity contribution in [2.45, 2.75) is 32.7 Å². The highest BCUT2D eigenvalue weighted by atomic mass is 16.5. The van der Waals surface area contributed by atoms with Gasteiger partial charge in [0.05, 0.1) is 25.4 Å². The number of rotatable bonds is 8. The lowest BCUT2D eigenvalue weighted by Gasteiger charge is -2.13. The lowest BCUT2D eigenvalue weighted by atomic mass is 10.2. The summed E-state index contributed by atoms with van der Waals surface area (Å²) in [5.74, 6) is 1.32. The van der Waals surface area contributed by atoms with Crippen LogP contribution in [-0.2, 0) is 4.79 Å². The number of carbonyl (C=O) groups is 1. The van der Waals surface area contributed by atoms with Gasteiger partial charge in [0.1, 0.15) is 11.5 Å². The molecule has 1 aliphatic carbocycles. The number of carbonyl (C=O) groups excluding carboxylic acids is 1. The lowest BCUT2D eigenvalue weighted by molar-refractivity contribution is -0.115. The molecule has 110 valence electrons. The van der Waals surface area contributed by atoms with Gasteiger partial charge in [-0.15, -0.1) is 0 Å². The van der Waals surface area contributed by atoms with E-state index in [1.54, 1.807) is 6.07 Å². The first-order valence-corrected chi connectivity index (χ1v) is 7.15. The van der Waals surface area contributed by atoms with E-state index in [1.165, 1.54) is 0 Å². The van der Waals surface area contributed by atoms with Crippen molar-refractivity contribution in [3.63, 3.8) is 0 Å². The van der Waals surface area contributed by atoms with Crippen LogP contribution in [0, 0.1) is 0 Å². The summed E-state index contributed by atoms with van der Waals surface area (Å²) in [6, 6.07) is 5.97. The second-order valence-corrected chi connectivity index (χ2v) is 4.73.